The Labute approximate surface area is 210 Å². The van der Waals surface area contributed by atoms with Crippen LogP contribution >= 0.6 is 0 Å². The first-order chi connectivity index (χ1) is 16.2. The number of β-lactam (4-membered cyclic amide) rings is 1. The van der Waals surface area contributed by atoms with E-state index in [-0.39, 0.29) is 35.7 Å². The number of aliphatic carboxylic acids is 1. The first-order valence-corrected chi connectivity index (χ1v) is 15.2. The zero-order valence-electron chi connectivity index (χ0n) is 22.1. The SMILES string of the molecule is C=CCOC(=O)N1CCC[C@H]1/C=C(\C)C1=C(C(=O)O)N2C(=O)[C@H]([C@@](C)(O[SiH](C)C)C(C)(C)C)[C@H]2C1. The molecule has 0 aromatic rings. The van der Waals surface area contributed by atoms with Crippen LogP contribution in [0.2, 0.25) is 13.1 Å². The van der Waals surface area contributed by atoms with E-state index >= 15 is 0 Å². The Balaban J connectivity index is 1.91. The van der Waals surface area contributed by atoms with E-state index in [0.717, 1.165) is 18.4 Å². The van der Waals surface area contributed by atoms with Crippen molar-refractivity contribution in [2.75, 3.05) is 13.2 Å². The van der Waals surface area contributed by atoms with Crippen LogP contribution in [0.4, 0.5) is 4.79 Å². The largest absolute Gasteiger partial charge is 0.477 e. The molecular formula is C26H40N2O6Si. The number of likely N-dealkylation sites (tertiary alicyclic amines) is 1. The molecule has 0 aromatic carbocycles. The van der Waals surface area contributed by atoms with Gasteiger partial charge < -0.3 is 24.1 Å². The van der Waals surface area contributed by atoms with Crippen molar-refractivity contribution in [2.45, 2.75) is 84.7 Å². The number of rotatable bonds is 8. The van der Waals surface area contributed by atoms with E-state index in [4.69, 9.17) is 9.16 Å². The predicted octanol–water partition coefficient (Wildman–Crippen LogP) is 4.09. The average molecular weight is 505 g/mol. The zero-order valence-corrected chi connectivity index (χ0v) is 23.2. The summed E-state index contributed by atoms with van der Waals surface area (Å²) in [6.07, 6.45) is 5.17. The van der Waals surface area contributed by atoms with Crippen LogP contribution in [0.3, 0.4) is 0 Å². The summed E-state index contributed by atoms with van der Waals surface area (Å²) in [5.41, 5.74) is 0.501. The molecule has 4 atom stereocenters. The lowest BCUT2D eigenvalue weighted by Crippen LogP contribution is -2.70. The van der Waals surface area contributed by atoms with Gasteiger partial charge >= 0.3 is 12.1 Å². The van der Waals surface area contributed by atoms with Crippen molar-refractivity contribution >= 4 is 27.0 Å². The molecule has 0 unspecified atom stereocenters. The molecule has 3 aliphatic rings. The first kappa shape index (κ1) is 27.2. The number of allylic oxidation sites excluding steroid dienone is 1. The van der Waals surface area contributed by atoms with Crippen molar-refractivity contribution in [3.8, 4) is 0 Å². The highest BCUT2D eigenvalue weighted by molar-refractivity contribution is 6.48. The van der Waals surface area contributed by atoms with Gasteiger partial charge in [-0.2, -0.15) is 0 Å². The molecule has 1 N–H and O–H groups in total. The quantitative estimate of drug-likeness (QED) is 0.304. The number of carbonyl (C=O) groups excluding carboxylic acids is 2. The number of carboxylic acid groups (broad SMARTS) is 1. The summed E-state index contributed by atoms with van der Waals surface area (Å²) >= 11 is 0. The van der Waals surface area contributed by atoms with Gasteiger partial charge in [-0.25, -0.2) is 9.59 Å². The molecule has 3 rings (SSSR count). The summed E-state index contributed by atoms with van der Waals surface area (Å²) < 4.78 is 11.7. The number of fused-ring (bicyclic) bond motifs is 1. The third-order valence-electron chi connectivity index (χ3n) is 7.70. The fourth-order valence-electron chi connectivity index (χ4n) is 5.66. The molecule has 0 spiro atoms. The fourth-order valence-corrected chi connectivity index (χ4v) is 7.14. The van der Waals surface area contributed by atoms with Crippen LogP contribution in [0.1, 0.15) is 53.9 Å². The van der Waals surface area contributed by atoms with Crippen molar-refractivity contribution in [2.24, 2.45) is 11.3 Å². The highest BCUT2D eigenvalue weighted by atomic mass is 28.3. The number of nitrogens with zero attached hydrogens (tertiary/aromatic N) is 2. The minimum atomic E-state index is -1.48. The monoisotopic (exact) mass is 504 g/mol. The number of amides is 2. The van der Waals surface area contributed by atoms with Gasteiger partial charge in [0.2, 0.25) is 5.91 Å². The Morgan fingerprint density at radius 3 is 2.46 bits per heavy atom. The van der Waals surface area contributed by atoms with Gasteiger partial charge in [-0.15, -0.1) is 0 Å². The van der Waals surface area contributed by atoms with Crippen LogP contribution in [0.5, 0.6) is 0 Å². The van der Waals surface area contributed by atoms with E-state index in [1.807, 2.05) is 19.9 Å². The van der Waals surface area contributed by atoms with Crippen LogP contribution in [-0.4, -0.2) is 72.8 Å². The molecule has 3 heterocycles. The Morgan fingerprint density at radius 2 is 1.91 bits per heavy atom. The lowest BCUT2D eigenvalue weighted by molar-refractivity contribution is -0.180. The maximum absolute atomic E-state index is 13.5. The highest BCUT2D eigenvalue weighted by Gasteiger charge is 2.64. The molecule has 8 nitrogen and oxygen atoms in total. The number of hydrogen-bond acceptors (Lipinski definition) is 5. The van der Waals surface area contributed by atoms with E-state index in [9.17, 15) is 19.5 Å². The number of carboxylic acids is 1. The molecule has 2 fully saturated rings. The third-order valence-corrected chi connectivity index (χ3v) is 8.66. The molecule has 9 heteroatoms. The molecule has 0 aliphatic carbocycles. The van der Waals surface area contributed by atoms with Gasteiger partial charge in [0.05, 0.1) is 23.6 Å². The first-order valence-electron chi connectivity index (χ1n) is 12.4. The van der Waals surface area contributed by atoms with Crippen LogP contribution in [0.15, 0.2) is 35.6 Å². The number of carbonyl (C=O) groups is 3. The van der Waals surface area contributed by atoms with E-state index in [0.29, 0.717) is 18.5 Å². The van der Waals surface area contributed by atoms with Crippen molar-refractivity contribution in [3.63, 3.8) is 0 Å². The van der Waals surface area contributed by atoms with E-state index in [1.165, 1.54) is 11.0 Å². The molecule has 0 bridgehead atoms. The standard InChI is InChI=1S/C26H40N2O6Si/c1-9-13-33-24(32)27-12-10-11-17(27)14-16(2)18-15-19-20(22(29)28(19)21(18)23(30)31)26(6,25(3,4)5)34-35(7)8/h9,14,17,19-20,35H,1,10-13,15H2,2-8H3,(H,30,31)/b16-14+/t17-,19+,20+,26+/m0/s1. The minimum Gasteiger partial charge on any atom is -0.477 e. The van der Waals surface area contributed by atoms with Gasteiger partial charge in [-0.05, 0) is 62.8 Å². The molecule has 2 amide bonds. The predicted molar refractivity (Wildman–Crippen MR) is 136 cm³/mol. The van der Waals surface area contributed by atoms with Gasteiger partial charge in [0, 0.05) is 6.54 Å². The summed E-state index contributed by atoms with van der Waals surface area (Å²) in [6, 6.07) is -0.425. The third kappa shape index (κ3) is 4.85. The second-order valence-corrected chi connectivity index (χ2v) is 13.6. The summed E-state index contributed by atoms with van der Waals surface area (Å²) in [6.45, 7) is 18.6. The van der Waals surface area contributed by atoms with Crippen LogP contribution in [0, 0.1) is 11.3 Å². The number of hydrogen-bond donors (Lipinski definition) is 1. The van der Waals surface area contributed by atoms with Gasteiger partial charge in [0.1, 0.15) is 12.3 Å². The van der Waals surface area contributed by atoms with Crippen LogP contribution < -0.4 is 0 Å². The second kappa shape index (κ2) is 9.93. The molecule has 0 radical (unpaired) electrons. The Hall–Kier alpha value is -2.39. The van der Waals surface area contributed by atoms with Crippen molar-refractivity contribution in [1.29, 1.82) is 0 Å². The molecule has 35 heavy (non-hydrogen) atoms. The average Bonchev–Trinajstić information content (AvgIpc) is 3.33. The molecule has 194 valence electrons. The molecule has 0 aromatic heterocycles. The zero-order chi connectivity index (χ0) is 26.3. The summed E-state index contributed by atoms with van der Waals surface area (Å²) in [4.78, 5) is 41.3. The summed E-state index contributed by atoms with van der Waals surface area (Å²) in [5.74, 6) is -1.70. The lowest BCUT2D eigenvalue weighted by Gasteiger charge is -2.57. The van der Waals surface area contributed by atoms with Gasteiger partial charge in [-0.1, -0.05) is 39.5 Å². The van der Waals surface area contributed by atoms with E-state index in [2.05, 4.69) is 40.4 Å². The van der Waals surface area contributed by atoms with Crippen molar-refractivity contribution in [3.05, 3.63) is 35.6 Å². The maximum atomic E-state index is 13.5. The van der Waals surface area contributed by atoms with Crippen molar-refractivity contribution in [1.82, 2.24) is 9.80 Å². The molecule has 2 saturated heterocycles. The fraction of sp³-hybridized carbons (Fsp3) is 0.654. The second-order valence-electron chi connectivity index (χ2n) is 11.2. The maximum Gasteiger partial charge on any atom is 0.410 e. The van der Waals surface area contributed by atoms with E-state index in [1.54, 1.807) is 4.90 Å². The van der Waals surface area contributed by atoms with Crippen LogP contribution in [-0.2, 0) is 18.8 Å². The highest BCUT2D eigenvalue weighted by Crippen LogP contribution is 2.53. The van der Waals surface area contributed by atoms with E-state index < -0.39 is 32.6 Å². The van der Waals surface area contributed by atoms with Gasteiger partial charge in [0.25, 0.3) is 0 Å². The molecule has 0 saturated carbocycles. The Morgan fingerprint density at radius 1 is 1.26 bits per heavy atom. The Bertz CT molecular complexity index is 965. The van der Waals surface area contributed by atoms with Crippen LogP contribution in [0.25, 0.3) is 0 Å². The minimum absolute atomic E-state index is 0.0573. The van der Waals surface area contributed by atoms with Gasteiger partial charge in [-0.3, -0.25) is 4.79 Å². The smallest absolute Gasteiger partial charge is 0.410 e. The summed E-state index contributed by atoms with van der Waals surface area (Å²) in [7, 11) is -1.48. The normalized spacial score (nSPS) is 26.6. The Kier molecular flexibility index (Phi) is 7.72. The topological polar surface area (TPSA) is 96.4 Å². The van der Waals surface area contributed by atoms with Crippen molar-refractivity contribution < 1.29 is 28.7 Å². The lowest BCUT2D eigenvalue weighted by atomic mass is 9.63. The summed E-state index contributed by atoms with van der Waals surface area (Å²) in [5, 5.41) is 10.1. The molecule has 3 aliphatic heterocycles. The molecular weight excluding hydrogens is 464 g/mol. The number of ether oxygens (including phenoxy) is 1. The van der Waals surface area contributed by atoms with Gasteiger partial charge in [0.15, 0.2) is 9.04 Å².